The van der Waals surface area contributed by atoms with E-state index in [1.807, 2.05) is 0 Å². The largest absolute Gasteiger partial charge is 0.490 e. The molecule has 0 unspecified atom stereocenters. The number of aromatic carboxylic acids is 1. The molecule has 1 rings (SSSR count). The van der Waals surface area contributed by atoms with E-state index in [1.165, 1.54) is 31.0 Å². The van der Waals surface area contributed by atoms with E-state index >= 15 is 0 Å². The first-order valence-electron chi connectivity index (χ1n) is 3.88. The van der Waals surface area contributed by atoms with Crippen molar-refractivity contribution >= 4 is 5.97 Å². The molecule has 0 aromatic carbocycles. The van der Waals surface area contributed by atoms with Crippen molar-refractivity contribution in [1.29, 1.82) is 0 Å². The van der Waals surface area contributed by atoms with Crippen LogP contribution >= 0.6 is 0 Å². The highest BCUT2D eigenvalue weighted by molar-refractivity contribution is 5.90. The van der Waals surface area contributed by atoms with Gasteiger partial charge in [0.15, 0.2) is 5.75 Å². The van der Waals surface area contributed by atoms with E-state index in [1.54, 1.807) is 0 Å². The third kappa shape index (κ3) is 2.79. The Morgan fingerprint density at radius 3 is 2.47 bits per heavy atom. The number of nitrogens with two attached hydrogens (primary N) is 2. The summed E-state index contributed by atoms with van der Waals surface area (Å²) in [4.78, 5) is 21.9. The summed E-state index contributed by atoms with van der Waals surface area (Å²) in [7, 11) is 2.79. The summed E-state index contributed by atoms with van der Waals surface area (Å²) in [5.74, 6) is 6.69. The van der Waals surface area contributed by atoms with E-state index in [2.05, 4.69) is 11.7 Å². The molecule has 0 saturated heterocycles. The number of hydrogen-bond donors (Lipinski definition) is 3. The minimum atomic E-state index is -1.17. The van der Waals surface area contributed by atoms with Crippen molar-refractivity contribution in [2.24, 2.45) is 18.7 Å². The topological polar surface area (TPSA) is 121 Å². The zero-order chi connectivity index (χ0) is 12.0. The van der Waals surface area contributed by atoms with Gasteiger partial charge in [-0.3, -0.25) is 16.5 Å². The van der Waals surface area contributed by atoms with E-state index in [0.717, 1.165) is 0 Å². The molecule has 1 aromatic rings. The lowest BCUT2D eigenvalue weighted by molar-refractivity contribution is 0.0692. The fourth-order valence-corrected chi connectivity index (χ4v) is 0.971. The number of carbonyl (C=O) groups is 1. The average Bonchev–Trinajstić information content (AvgIpc) is 2.24. The van der Waals surface area contributed by atoms with Gasteiger partial charge in [-0.15, -0.1) is 0 Å². The van der Waals surface area contributed by atoms with E-state index < -0.39 is 11.5 Å². The monoisotopic (exact) mass is 215 g/mol. The zero-order valence-electron chi connectivity index (χ0n) is 8.43. The normalized spacial score (nSPS) is 8.80. The van der Waals surface area contributed by atoms with Gasteiger partial charge in [0.25, 0.3) is 5.56 Å². The highest BCUT2D eigenvalue weighted by Gasteiger charge is 2.14. The molecular weight excluding hydrogens is 202 g/mol. The van der Waals surface area contributed by atoms with Gasteiger partial charge in [-0.25, -0.2) is 4.79 Å². The fourth-order valence-electron chi connectivity index (χ4n) is 0.971. The lowest BCUT2D eigenvalue weighted by atomic mass is 10.2. The van der Waals surface area contributed by atoms with Crippen LogP contribution in [0.1, 0.15) is 10.4 Å². The van der Waals surface area contributed by atoms with Crippen LogP contribution in [0.2, 0.25) is 0 Å². The minimum absolute atomic E-state index is 0.120. The second kappa shape index (κ2) is 5.78. The maximum absolute atomic E-state index is 11.3. The molecular formula is C8H13N3O4. The smallest absolute Gasteiger partial charge is 0.339 e. The maximum Gasteiger partial charge on any atom is 0.339 e. The molecule has 0 radical (unpaired) electrons. The Labute approximate surface area is 85.8 Å². The molecule has 0 aliphatic heterocycles. The number of aryl methyl sites for hydroxylation is 1. The molecule has 0 amide bonds. The van der Waals surface area contributed by atoms with Gasteiger partial charge in [0, 0.05) is 13.2 Å². The van der Waals surface area contributed by atoms with Crippen LogP contribution in [0.4, 0.5) is 0 Å². The second-order valence-electron chi connectivity index (χ2n) is 2.48. The molecule has 0 fully saturated rings. The van der Waals surface area contributed by atoms with Crippen LogP contribution in [0, 0.1) is 0 Å². The summed E-state index contributed by atoms with van der Waals surface area (Å²) < 4.78 is 5.96. The Kier molecular flexibility index (Phi) is 5.07. The SMILES string of the molecule is COc1c(C(=O)O)ccn(C)c1=O.NN. The fraction of sp³-hybridized carbons (Fsp3) is 0.250. The van der Waals surface area contributed by atoms with Crippen molar-refractivity contribution in [2.45, 2.75) is 0 Å². The number of hydrazine groups is 1. The molecule has 84 valence electrons. The summed E-state index contributed by atoms with van der Waals surface area (Å²) in [5, 5.41) is 8.68. The van der Waals surface area contributed by atoms with Crippen molar-refractivity contribution in [3.63, 3.8) is 0 Å². The third-order valence-electron chi connectivity index (χ3n) is 1.66. The molecule has 0 saturated carbocycles. The van der Waals surface area contributed by atoms with Gasteiger partial charge in [0.1, 0.15) is 5.56 Å². The number of ether oxygens (including phenoxy) is 1. The first-order chi connectivity index (χ1) is 7.07. The maximum atomic E-state index is 11.3. The number of methoxy groups -OCH3 is 1. The summed E-state index contributed by atoms with van der Waals surface area (Å²) >= 11 is 0. The van der Waals surface area contributed by atoms with Gasteiger partial charge in [-0.2, -0.15) is 0 Å². The van der Waals surface area contributed by atoms with Crippen molar-refractivity contribution in [2.75, 3.05) is 7.11 Å². The van der Waals surface area contributed by atoms with Crippen LogP contribution in [0.5, 0.6) is 5.75 Å². The van der Waals surface area contributed by atoms with Crippen molar-refractivity contribution in [3.8, 4) is 5.75 Å². The number of nitrogens with zero attached hydrogens (tertiary/aromatic N) is 1. The van der Waals surface area contributed by atoms with Crippen LogP contribution in [0.3, 0.4) is 0 Å². The molecule has 15 heavy (non-hydrogen) atoms. The molecule has 7 heteroatoms. The first kappa shape index (κ1) is 13.1. The zero-order valence-corrected chi connectivity index (χ0v) is 8.43. The van der Waals surface area contributed by atoms with Crippen LogP contribution in [-0.4, -0.2) is 22.8 Å². The minimum Gasteiger partial charge on any atom is -0.490 e. The molecule has 0 spiro atoms. The van der Waals surface area contributed by atoms with Crippen LogP contribution in [0.15, 0.2) is 17.1 Å². The predicted molar refractivity (Wildman–Crippen MR) is 53.6 cm³/mol. The number of hydrogen-bond acceptors (Lipinski definition) is 5. The molecule has 0 atom stereocenters. The summed E-state index contributed by atoms with van der Waals surface area (Å²) in [5.41, 5.74) is -0.576. The number of rotatable bonds is 2. The lowest BCUT2D eigenvalue weighted by Crippen LogP contribution is -2.20. The van der Waals surface area contributed by atoms with E-state index in [9.17, 15) is 9.59 Å². The highest BCUT2D eigenvalue weighted by Crippen LogP contribution is 2.10. The molecule has 5 N–H and O–H groups in total. The number of aromatic nitrogens is 1. The molecule has 1 heterocycles. The summed E-state index contributed by atoms with van der Waals surface area (Å²) in [6.07, 6.45) is 1.38. The molecule has 0 aliphatic rings. The summed E-state index contributed by atoms with van der Waals surface area (Å²) in [6.45, 7) is 0. The highest BCUT2D eigenvalue weighted by atomic mass is 16.5. The van der Waals surface area contributed by atoms with Gasteiger partial charge in [-0.1, -0.05) is 0 Å². The second-order valence-corrected chi connectivity index (χ2v) is 2.48. The standard InChI is InChI=1S/C8H9NO4.H4N2/c1-9-4-3-5(8(11)12)6(13-2)7(9)10;1-2/h3-4H,1-2H3,(H,11,12);1-2H2. The quantitative estimate of drug-likeness (QED) is 0.426. The van der Waals surface area contributed by atoms with E-state index in [0.29, 0.717) is 0 Å². The van der Waals surface area contributed by atoms with Crippen LogP contribution < -0.4 is 22.0 Å². The van der Waals surface area contributed by atoms with E-state index in [4.69, 9.17) is 9.84 Å². The molecule has 1 aromatic heterocycles. The third-order valence-corrected chi connectivity index (χ3v) is 1.66. The number of carboxylic acid groups (broad SMARTS) is 1. The van der Waals surface area contributed by atoms with Gasteiger partial charge < -0.3 is 14.4 Å². The van der Waals surface area contributed by atoms with Crippen LogP contribution in [-0.2, 0) is 7.05 Å². The first-order valence-corrected chi connectivity index (χ1v) is 3.88. The van der Waals surface area contributed by atoms with Crippen molar-refractivity contribution in [1.82, 2.24) is 4.57 Å². The number of carboxylic acids is 1. The Morgan fingerprint density at radius 1 is 1.53 bits per heavy atom. The molecule has 7 nitrogen and oxygen atoms in total. The molecule has 0 aliphatic carbocycles. The van der Waals surface area contributed by atoms with Crippen molar-refractivity contribution in [3.05, 3.63) is 28.2 Å². The van der Waals surface area contributed by atoms with Crippen LogP contribution in [0.25, 0.3) is 0 Å². The van der Waals surface area contributed by atoms with E-state index in [-0.39, 0.29) is 11.3 Å². The summed E-state index contributed by atoms with van der Waals surface area (Å²) in [6, 6.07) is 1.32. The Balaban J connectivity index is 0.000000921. The van der Waals surface area contributed by atoms with Gasteiger partial charge in [0.2, 0.25) is 0 Å². The molecule has 0 bridgehead atoms. The average molecular weight is 215 g/mol. The Bertz CT molecular complexity index is 399. The Hall–Kier alpha value is -1.86. The lowest BCUT2D eigenvalue weighted by Gasteiger charge is -2.04. The predicted octanol–water partition coefficient (Wildman–Crippen LogP) is -1.09. The number of pyridine rings is 1. The Morgan fingerprint density at radius 2 is 2.07 bits per heavy atom. The van der Waals surface area contributed by atoms with Gasteiger partial charge >= 0.3 is 5.97 Å². The van der Waals surface area contributed by atoms with Crippen molar-refractivity contribution < 1.29 is 14.6 Å². The van der Waals surface area contributed by atoms with Gasteiger partial charge in [0.05, 0.1) is 7.11 Å². The van der Waals surface area contributed by atoms with Gasteiger partial charge in [-0.05, 0) is 6.07 Å².